The van der Waals surface area contributed by atoms with Crippen molar-refractivity contribution in [2.45, 2.75) is 54.3 Å². The number of fused-ring (bicyclic) bond motifs is 1. The Labute approximate surface area is 228 Å². The molecule has 5 rings (SSSR count). The molecule has 7 nitrogen and oxygen atoms in total. The Morgan fingerprint density at radius 2 is 1.34 bits per heavy atom. The smallest absolute Gasteiger partial charge is 0.186 e. The summed E-state index contributed by atoms with van der Waals surface area (Å²) in [5.74, 6) is 0.412. The molecule has 0 amide bonds. The molecule has 1 unspecified atom stereocenters. The van der Waals surface area contributed by atoms with E-state index in [4.69, 9.17) is 23.7 Å². The molecule has 9 heteroatoms. The summed E-state index contributed by atoms with van der Waals surface area (Å²) in [5, 5.41) is 0. The van der Waals surface area contributed by atoms with Crippen LogP contribution in [-0.2, 0) is 46.7 Å². The van der Waals surface area contributed by atoms with E-state index < -0.39 is 39.9 Å². The Kier molecular flexibility index (Phi) is 9.16. The molecule has 0 spiro atoms. The van der Waals surface area contributed by atoms with Crippen LogP contribution in [0, 0.1) is 0 Å². The van der Waals surface area contributed by atoms with Crippen LogP contribution in [0.25, 0.3) is 0 Å². The van der Waals surface area contributed by atoms with Crippen LogP contribution in [0.15, 0.2) is 95.9 Å². The van der Waals surface area contributed by atoms with Gasteiger partial charge in [0.25, 0.3) is 0 Å². The van der Waals surface area contributed by atoms with Crippen molar-refractivity contribution in [3.63, 3.8) is 0 Å². The second kappa shape index (κ2) is 12.7. The maximum atomic E-state index is 13.1. The van der Waals surface area contributed by atoms with E-state index >= 15 is 0 Å². The lowest BCUT2D eigenvalue weighted by Crippen LogP contribution is -2.63. The summed E-state index contributed by atoms with van der Waals surface area (Å²) in [5.41, 5.74) is 1.46. The van der Waals surface area contributed by atoms with Gasteiger partial charge in [-0.15, -0.1) is 11.8 Å². The molecule has 2 heterocycles. The van der Waals surface area contributed by atoms with E-state index in [2.05, 4.69) is 0 Å². The molecule has 0 saturated carbocycles. The van der Waals surface area contributed by atoms with Crippen LogP contribution in [0.2, 0.25) is 0 Å². The van der Waals surface area contributed by atoms with Gasteiger partial charge in [0.15, 0.2) is 16.1 Å². The molecule has 0 aromatic heterocycles. The maximum absolute atomic E-state index is 13.1. The summed E-state index contributed by atoms with van der Waals surface area (Å²) in [4.78, 5) is 0.284. The van der Waals surface area contributed by atoms with Crippen LogP contribution in [0.3, 0.4) is 0 Å². The van der Waals surface area contributed by atoms with Gasteiger partial charge in [0.2, 0.25) is 0 Å². The summed E-state index contributed by atoms with van der Waals surface area (Å²) >= 11 is 1.43. The van der Waals surface area contributed by atoms with Crippen molar-refractivity contribution in [3.8, 4) is 0 Å². The highest BCUT2D eigenvalue weighted by Gasteiger charge is 2.51. The quantitative estimate of drug-likeness (QED) is 0.362. The van der Waals surface area contributed by atoms with Crippen molar-refractivity contribution >= 4 is 21.6 Å². The summed E-state index contributed by atoms with van der Waals surface area (Å²) < 4.78 is 57.3. The van der Waals surface area contributed by atoms with Gasteiger partial charge < -0.3 is 23.7 Å². The number of ether oxygens (including phenoxy) is 5. The van der Waals surface area contributed by atoms with E-state index in [1.807, 2.05) is 60.7 Å². The molecule has 2 saturated heterocycles. The molecule has 3 aromatic rings. The number of benzene rings is 3. The largest absolute Gasteiger partial charge is 0.368 e. The topological polar surface area (TPSA) is 80.3 Å². The predicted molar refractivity (Wildman–Crippen MR) is 145 cm³/mol. The van der Waals surface area contributed by atoms with Gasteiger partial charge in [0, 0.05) is 12.9 Å². The van der Waals surface area contributed by atoms with Gasteiger partial charge in [-0.25, -0.2) is 8.42 Å². The lowest BCUT2D eigenvalue weighted by atomic mass is 9.98. The Morgan fingerprint density at radius 3 is 1.92 bits per heavy atom. The molecule has 38 heavy (non-hydrogen) atoms. The lowest BCUT2D eigenvalue weighted by Gasteiger charge is -2.48. The third kappa shape index (κ3) is 6.66. The normalized spacial score (nSPS) is 27.5. The number of methoxy groups -OCH3 is 1. The SMILES string of the molecule is CO[C@H]1O[C@@H]2CSC(CS(=O)(=O)c3ccccc3)O[C@H]2[C@H](OCc2ccccc2)[C@H]1OCc1ccccc1. The minimum atomic E-state index is -3.53. The van der Waals surface area contributed by atoms with Crippen LogP contribution in [0.1, 0.15) is 11.1 Å². The Balaban J connectivity index is 1.36. The summed E-state index contributed by atoms with van der Waals surface area (Å²) in [6.45, 7) is 0.692. The number of sulfone groups is 1. The van der Waals surface area contributed by atoms with Crippen molar-refractivity contribution in [2.24, 2.45) is 0 Å². The fourth-order valence-corrected chi connectivity index (χ4v) is 7.68. The van der Waals surface area contributed by atoms with Gasteiger partial charge in [-0.05, 0) is 23.3 Å². The third-order valence-corrected chi connectivity index (χ3v) is 9.72. The molecule has 0 bridgehead atoms. The van der Waals surface area contributed by atoms with Crippen molar-refractivity contribution in [3.05, 3.63) is 102 Å². The minimum absolute atomic E-state index is 0.139. The van der Waals surface area contributed by atoms with Crippen LogP contribution < -0.4 is 0 Å². The fourth-order valence-electron chi connectivity index (χ4n) is 4.67. The van der Waals surface area contributed by atoms with E-state index in [0.29, 0.717) is 19.0 Å². The van der Waals surface area contributed by atoms with Gasteiger partial charge >= 0.3 is 0 Å². The monoisotopic (exact) mass is 556 g/mol. The second-order valence-corrected chi connectivity index (χ2v) is 12.5. The maximum Gasteiger partial charge on any atom is 0.186 e. The van der Waals surface area contributed by atoms with E-state index in [1.165, 1.54) is 11.8 Å². The average molecular weight is 557 g/mol. The molecule has 2 aliphatic rings. The second-order valence-electron chi connectivity index (χ2n) is 9.26. The molecular weight excluding hydrogens is 524 g/mol. The fraction of sp³-hybridized carbons (Fsp3) is 0.379. The van der Waals surface area contributed by atoms with Gasteiger partial charge in [-0.1, -0.05) is 78.9 Å². The highest BCUT2D eigenvalue weighted by molar-refractivity contribution is 8.01. The Hall–Kier alpha value is -2.24. The van der Waals surface area contributed by atoms with E-state index in [9.17, 15) is 8.42 Å². The van der Waals surface area contributed by atoms with Crippen LogP contribution >= 0.6 is 11.8 Å². The number of rotatable bonds is 10. The Morgan fingerprint density at radius 1 is 0.789 bits per heavy atom. The first-order chi connectivity index (χ1) is 18.5. The molecule has 2 aliphatic heterocycles. The van der Waals surface area contributed by atoms with Gasteiger partial charge in [-0.3, -0.25) is 0 Å². The van der Waals surface area contributed by atoms with E-state index in [1.54, 1.807) is 37.4 Å². The first-order valence-electron chi connectivity index (χ1n) is 12.6. The van der Waals surface area contributed by atoms with Crippen LogP contribution in [0.5, 0.6) is 0 Å². The first kappa shape index (κ1) is 27.3. The van der Waals surface area contributed by atoms with Crippen molar-refractivity contribution in [1.82, 2.24) is 0 Å². The number of hydrogen-bond donors (Lipinski definition) is 0. The predicted octanol–water partition coefficient (Wildman–Crippen LogP) is 4.46. The van der Waals surface area contributed by atoms with Crippen molar-refractivity contribution in [1.29, 1.82) is 0 Å². The molecule has 0 aliphatic carbocycles. The highest BCUT2D eigenvalue weighted by atomic mass is 32.2. The zero-order valence-corrected chi connectivity index (χ0v) is 22.8. The average Bonchev–Trinajstić information content (AvgIpc) is 2.96. The highest BCUT2D eigenvalue weighted by Crippen LogP contribution is 2.38. The molecule has 202 valence electrons. The molecule has 3 aromatic carbocycles. The summed E-state index contributed by atoms with van der Waals surface area (Å²) in [6, 6.07) is 28.2. The first-order valence-corrected chi connectivity index (χ1v) is 15.3. The van der Waals surface area contributed by atoms with Crippen molar-refractivity contribution in [2.75, 3.05) is 18.6 Å². The molecule has 0 N–H and O–H groups in total. The Bertz CT molecular complexity index is 1240. The zero-order valence-electron chi connectivity index (χ0n) is 21.1. The molecule has 0 radical (unpaired) electrons. The third-order valence-electron chi connectivity index (χ3n) is 6.61. The van der Waals surface area contributed by atoms with E-state index in [-0.39, 0.29) is 16.8 Å². The minimum Gasteiger partial charge on any atom is -0.368 e. The standard InChI is InChI=1S/C29H32O7S2/c1-32-29-28(34-18-22-13-7-3-8-14-22)27(33-17-21-11-5-2-6-12-21)26-24(35-29)19-37-25(36-26)20-38(30,31)23-15-9-4-10-16-23/h2-16,24-29H,17-20H2,1H3/t24-,25?,26-,27+,28-,29+/m1/s1. The van der Waals surface area contributed by atoms with Gasteiger partial charge in [-0.2, -0.15) is 0 Å². The molecular formula is C29H32O7S2. The number of hydrogen-bond acceptors (Lipinski definition) is 8. The summed E-state index contributed by atoms with van der Waals surface area (Å²) in [7, 11) is -1.94. The van der Waals surface area contributed by atoms with Crippen LogP contribution in [-0.4, -0.2) is 63.2 Å². The van der Waals surface area contributed by atoms with Gasteiger partial charge in [0.05, 0.1) is 30.0 Å². The van der Waals surface area contributed by atoms with Crippen LogP contribution in [0.4, 0.5) is 0 Å². The lowest BCUT2D eigenvalue weighted by molar-refractivity contribution is -0.315. The van der Waals surface area contributed by atoms with E-state index in [0.717, 1.165) is 11.1 Å². The molecule has 6 atom stereocenters. The zero-order chi connectivity index (χ0) is 26.4. The number of thioether (sulfide) groups is 1. The van der Waals surface area contributed by atoms with Crippen molar-refractivity contribution < 1.29 is 32.1 Å². The summed E-state index contributed by atoms with van der Waals surface area (Å²) in [6.07, 6.45) is -2.64. The van der Waals surface area contributed by atoms with Gasteiger partial charge in [0.1, 0.15) is 23.7 Å². The molecule has 2 fully saturated rings.